The minimum absolute atomic E-state index is 0.738. The molecule has 0 bridgehead atoms. The Morgan fingerprint density at radius 2 is 2.00 bits per heavy atom. The zero-order chi connectivity index (χ0) is 12.4. The summed E-state index contributed by atoms with van der Waals surface area (Å²) in [7, 11) is 0. The topological polar surface area (TPSA) is 40.8 Å². The van der Waals surface area contributed by atoms with Crippen molar-refractivity contribution in [3.63, 3.8) is 0 Å². The van der Waals surface area contributed by atoms with E-state index in [1.54, 1.807) is 0 Å². The molecule has 0 unspecified atom stereocenters. The highest BCUT2D eigenvalue weighted by atomic mass is 15.0. The number of nitrogens with zero attached hydrogens (tertiary/aromatic N) is 2. The molecule has 2 aromatic rings. The predicted octanol–water partition coefficient (Wildman–Crippen LogP) is 2.51. The number of hydrogen-bond acceptors (Lipinski definition) is 2. The van der Waals surface area contributed by atoms with Crippen molar-refractivity contribution in [2.24, 2.45) is 5.92 Å². The highest BCUT2D eigenvalue weighted by Gasteiger charge is 2.13. The van der Waals surface area contributed by atoms with Gasteiger partial charge < -0.3 is 9.88 Å². The molecule has 1 aromatic carbocycles. The van der Waals surface area contributed by atoms with Crippen LogP contribution in [0.3, 0.4) is 0 Å². The van der Waals surface area contributed by atoms with E-state index >= 15 is 0 Å². The maximum atomic E-state index is 8.90. The first-order chi connectivity index (χ1) is 8.85. The largest absolute Gasteiger partial charge is 0.353 e. The summed E-state index contributed by atoms with van der Waals surface area (Å²) in [5, 5.41) is 14.7. The molecule has 92 valence electrons. The van der Waals surface area contributed by atoms with E-state index in [9.17, 15) is 0 Å². The van der Waals surface area contributed by atoms with E-state index in [4.69, 9.17) is 5.26 Å². The summed E-state index contributed by atoms with van der Waals surface area (Å²) >= 11 is 0. The standard InChI is InChI=1S/C15H17N3/c16-8-13-1-2-14-10-18(11-15(14)7-13)9-12-3-5-17-6-4-12/h1-2,7,10-12,17H,3-6,9H2. The molecule has 3 nitrogen and oxygen atoms in total. The quantitative estimate of drug-likeness (QED) is 0.874. The fourth-order valence-corrected chi connectivity index (χ4v) is 2.74. The Morgan fingerprint density at radius 3 is 2.78 bits per heavy atom. The van der Waals surface area contributed by atoms with Crippen molar-refractivity contribution in [2.75, 3.05) is 13.1 Å². The van der Waals surface area contributed by atoms with Gasteiger partial charge in [0.2, 0.25) is 0 Å². The minimum atomic E-state index is 0.738. The predicted molar refractivity (Wildman–Crippen MR) is 72.2 cm³/mol. The molecule has 3 rings (SSSR count). The Bertz CT molecular complexity index is 585. The molecule has 3 heteroatoms. The maximum Gasteiger partial charge on any atom is 0.0991 e. The average molecular weight is 239 g/mol. The third kappa shape index (κ3) is 2.25. The number of rotatable bonds is 2. The Balaban J connectivity index is 1.82. The first-order valence-electron chi connectivity index (χ1n) is 6.55. The second-order valence-electron chi connectivity index (χ2n) is 5.10. The third-order valence-corrected chi connectivity index (χ3v) is 3.75. The van der Waals surface area contributed by atoms with Crippen molar-refractivity contribution in [2.45, 2.75) is 19.4 Å². The van der Waals surface area contributed by atoms with Crippen LogP contribution in [0.2, 0.25) is 0 Å². The van der Waals surface area contributed by atoms with Crippen LogP contribution in [0.1, 0.15) is 18.4 Å². The van der Waals surface area contributed by atoms with Crippen molar-refractivity contribution in [1.82, 2.24) is 9.88 Å². The molecule has 1 N–H and O–H groups in total. The molecule has 2 heterocycles. The first kappa shape index (κ1) is 11.3. The lowest BCUT2D eigenvalue weighted by Gasteiger charge is -2.22. The fourth-order valence-electron chi connectivity index (χ4n) is 2.74. The number of nitrogens with one attached hydrogen (secondary N) is 1. The van der Waals surface area contributed by atoms with Gasteiger partial charge in [-0.15, -0.1) is 0 Å². The molecule has 0 radical (unpaired) electrons. The van der Waals surface area contributed by atoms with Crippen LogP contribution in [-0.2, 0) is 6.54 Å². The van der Waals surface area contributed by atoms with Gasteiger partial charge in [0.15, 0.2) is 0 Å². The highest BCUT2D eigenvalue weighted by Crippen LogP contribution is 2.20. The van der Waals surface area contributed by atoms with Crippen molar-refractivity contribution in [3.8, 4) is 6.07 Å². The van der Waals surface area contributed by atoms with Gasteiger partial charge in [-0.1, -0.05) is 6.07 Å². The zero-order valence-corrected chi connectivity index (χ0v) is 10.4. The fraction of sp³-hybridized carbons (Fsp3) is 0.400. The molecular formula is C15H17N3. The molecule has 1 aliphatic rings. The summed E-state index contributed by atoms with van der Waals surface area (Å²) in [5.41, 5.74) is 0.738. The van der Waals surface area contributed by atoms with E-state index in [0.717, 1.165) is 31.1 Å². The van der Waals surface area contributed by atoms with Crippen LogP contribution in [0.15, 0.2) is 30.6 Å². The number of piperidine rings is 1. The van der Waals surface area contributed by atoms with E-state index < -0.39 is 0 Å². The lowest BCUT2D eigenvalue weighted by atomic mass is 9.98. The summed E-state index contributed by atoms with van der Waals surface area (Å²) in [6.45, 7) is 3.38. The molecule has 0 saturated carbocycles. The van der Waals surface area contributed by atoms with Crippen molar-refractivity contribution in [1.29, 1.82) is 5.26 Å². The van der Waals surface area contributed by atoms with Crippen molar-refractivity contribution in [3.05, 3.63) is 36.2 Å². The van der Waals surface area contributed by atoms with Gasteiger partial charge in [0, 0.05) is 24.3 Å². The Labute approximate surface area is 107 Å². The van der Waals surface area contributed by atoms with Crippen LogP contribution in [0.25, 0.3) is 10.8 Å². The number of aromatic nitrogens is 1. The normalized spacial score (nSPS) is 16.8. The second kappa shape index (κ2) is 4.83. The summed E-state index contributed by atoms with van der Waals surface area (Å²) in [5.74, 6) is 0.781. The summed E-state index contributed by atoms with van der Waals surface area (Å²) < 4.78 is 2.28. The van der Waals surface area contributed by atoms with E-state index in [1.807, 2.05) is 18.2 Å². The van der Waals surface area contributed by atoms with Gasteiger partial charge in [0.25, 0.3) is 0 Å². The maximum absolute atomic E-state index is 8.90. The van der Waals surface area contributed by atoms with E-state index in [0.29, 0.717) is 0 Å². The molecule has 1 aromatic heterocycles. The molecule has 1 saturated heterocycles. The number of hydrogen-bond donors (Lipinski definition) is 1. The lowest BCUT2D eigenvalue weighted by Crippen LogP contribution is -2.29. The van der Waals surface area contributed by atoms with Gasteiger partial charge in [0.05, 0.1) is 11.6 Å². The molecular weight excluding hydrogens is 222 g/mol. The van der Waals surface area contributed by atoms with Gasteiger partial charge in [-0.25, -0.2) is 0 Å². The molecule has 1 fully saturated rings. The SMILES string of the molecule is N#Cc1ccc2cn(CC3CCNCC3)cc2c1. The zero-order valence-electron chi connectivity index (χ0n) is 10.4. The Hall–Kier alpha value is -1.79. The number of fused-ring (bicyclic) bond motifs is 1. The van der Waals surface area contributed by atoms with E-state index in [2.05, 4.69) is 28.3 Å². The van der Waals surface area contributed by atoms with E-state index in [1.165, 1.54) is 23.6 Å². The average Bonchev–Trinajstić information content (AvgIpc) is 2.80. The van der Waals surface area contributed by atoms with Crippen LogP contribution in [-0.4, -0.2) is 17.7 Å². The summed E-state index contributed by atoms with van der Waals surface area (Å²) in [4.78, 5) is 0. The highest BCUT2D eigenvalue weighted by molar-refractivity contribution is 5.83. The third-order valence-electron chi connectivity index (χ3n) is 3.75. The Morgan fingerprint density at radius 1 is 1.22 bits per heavy atom. The van der Waals surface area contributed by atoms with Crippen LogP contribution in [0, 0.1) is 17.2 Å². The molecule has 0 aliphatic carbocycles. The van der Waals surface area contributed by atoms with Crippen molar-refractivity contribution < 1.29 is 0 Å². The molecule has 18 heavy (non-hydrogen) atoms. The van der Waals surface area contributed by atoms with E-state index in [-0.39, 0.29) is 0 Å². The number of benzene rings is 1. The van der Waals surface area contributed by atoms with Crippen LogP contribution < -0.4 is 5.32 Å². The van der Waals surface area contributed by atoms with Crippen molar-refractivity contribution >= 4 is 10.8 Å². The minimum Gasteiger partial charge on any atom is -0.353 e. The molecule has 0 atom stereocenters. The summed E-state index contributed by atoms with van der Waals surface area (Å²) in [6.07, 6.45) is 6.88. The van der Waals surface area contributed by atoms with Crippen LogP contribution >= 0.6 is 0 Å². The van der Waals surface area contributed by atoms with Gasteiger partial charge >= 0.3 is 0 Å². The van der Waals surface area contributed by atoms with Crippen LogP contribution in [0.5, 0.6) is 0 Å². The van der Waals surface area contributed by atoms with Gasteiger partial charge in [-0.3, -0.25) is 0 Å². The molecule has 0 spiro atoms. The van der Waals surface area contributed by atoms with Gasteiger partial charge in [-0.05, 0) is 49.4 Å². The second-order valence-corrected chi connectivity index (χ2v) is 5.10. The molecule has 0 amide bonds. The Kier molecular flexibility index (Phi) is 3.04. The molecule has 1 aliphatic heterocycles. The lowest BCUT2D eigenvalue weighted by molar-refractivity contribution is 0.334. The van der Waals surface area contributed by atoms with Gasteiger partial charge in [0.1, 0.15) is 0 Å². The van der Waals surface area contributed by atoms with Crippen LogP contribution in [0.4, 0.5) is 0 Å². The van der Waals surface area contributed by atoms with Gasteiger partial charge in [-0.2, -0.15) is 5.26 Å². The number of nitriles is 1. The summed E-state index contributed by atoms with van der Waals surface area (Å²) in [6, 6.07) is 8.08. The smallest absolute Gasteiger partial charge is 0.0991 e. The first-order valence-corrected chi connectivity index (χ1v) is 6.55. The monoisotopic (exact) mass is 239 g/mol.